The lowest BCUT2D eigenvalue weighted by Crippen LogP contribution is -1.93. The monoisotopic (exact) mass is 364 g/mol. The van der Waals surface area contributed by atoms with Gasteiger partial charge >= 0.3 is 0 Å². The third-order valence-electron chi connectivity index (χ3n) is 3.93. The predicted molar refractivity (Wildman–Crippen MR) is 109 cm³/mol. The van der Waals surface area contributed by atoms with E-state index >= 15 is 0 Å². The van der Waals surface area contributed by atoms with Gasteiger partial charge in [-0.2, -0.15) is 5.26 Å². The van der Waals surface area contributed by atoms with Crippen molar-refractivity contribution >= 4 is 34.3 Å². The van der Waals surface area contributed by atoms with Crippen molar-refractivity contribution in [2.75, 3.05) is 0 Å². The summed E-state index contributed by atoms with van der Waals surface area (Å²) in [4.78, 5) is 5.80. The zero-order valence-corrected chi connectivity index (χ0v) is 16.2. The lowest BCUT2D eigenvalue weighted by molar-refractivity contribution is 0.647. The predicted octanol–water partition coefficient (Wildman–Crippen LogP) is 6.44. The van der Waals surface area contributed by atoms with Crippen LogP contribution in [-0.4, -0.2) is 4.98 Å². The summed E-state index contributed by atoms with van der Waals surface area (Å²) in [6, 6.07) is 12.9. The molecule has 0 unspecified atom stereocenters. The van der Waals surface area contributed by atoms with E-state index in [1.54, 1.807) is 11.3 Å². The molecule has 0 saturated carbocycles. The van der Waals surface area contributed by atoms with E-state index in [0.717, 1.165) is 27.6 Å². The molecule has 0 atom stereocenters. The van der Waals surface area contributed by atoms with Crippen LogP contribution in [0.25, 0.3) is 22.9 Å². The number of rotatable bonds is 5. The Balaban J connectivity index is 1.85. The summed E-state index contributed by atoms with van der Waals surface area (Å²) < 4.78 is 0. The number of hydrogen-bond acceptors (Lipinski definition) is 4. The van der Waals surface area contributed by atoms with Crippen LogP contribution in [0, 0.1) is 24.2 Å². The van der Waals surface area contributed by atoms with Gasteiger partial charge in [-0.1, -0.05) is 38.1 Å². The summed E-state index contributed by atoms with van der Waals surface area (Å²) in [6.45, 7) is 6.51. The molecule has 0 saturated heterocycles. The molecule has 3 rings (SSSR count). The highest BCUT2D eigenvalue weighted by molar-refractivity contribution is 7.12. The van der Waals surface area contributed by atoms with Gasteiger partial charge in [-0.05, 0) is 47.9 Å². The van der Waals surface area contributed by atoms with E-state index in [0.29, 0.717) is 11.5 Å². The standard InChI is InChI=1S/C21H20N2S2/c1-14(2)10-16-4-6-17(7-5-16)19-13-25-21(23-19)18(12-22)11-20-15(3)8-9-24-20/h4-9,11,13-14H,10H2,1-3H3. The number of thiophene rings is 1. The van der Waals surface area contributed by atoms with Crippen LogP contribution in [0.2, 0.25) is 0 Å². The first-order chi connectivity index (χ1) is 12.1. The van der Waals surface area contributed by atoms with E-state index in [4.69, 9.17) is 0 Å². The van der Waals surface area contributed by atoms with Crippen LogP contribution in [-0.2, 0) is 6.42 Å². The van der Waals surface area contributed by atoms with Crippen molar-refractivity contribution < 1.29 is 0 Å². The van der Waals surface area contributed by atoms with Gasteiger partial charge in [0.15, 0.2) is 0 Å². The topological polar surface area (TPSA) is 36.7 Å². The second kappa shape index (κ2) is 7.77. The van der Waals surface area contributed by atoms with Crippen LogP contribution < -0.4 is 0 Å². The Morgan fingerprint density at radius 2 is 1.96 bits per heavy atom. The van der Waals surface area contributed by atoms with Crippen molar-refractivity contribution in [3.05, 3.63) is 62.1 Å². The molecule has 0 aliphatic carbocycles. The van der Waals surface area contributed by atoms with Gasteiger partial charge in [0.2, 0.25) is 0 Å². The molecular formula is C21H20N2S2. The molecule has 0 aliphatic heterocycles. The zero-order chi connectivity index (χ0) is 17.8. The molecule has 2 aromatic heterocycles. The highest BCUT2D eigenvalue weighted by Gasteiger charge is 2.10. The van der Waals surface area contributed by atoms with Crippen molar-refractivity contribution in [3.63, 3.8) is 0 Å². The van der Waals surface area contributed by atoms with Gasteiger partial charge in [0.05, 0.1) is 11.3 Å². The molecule has 3 aromatic rings. The van der Waals surface area contributed by atoms with Crippen LogP contribution in [0.4, 0.5) is 0 Å². The fourth-order valence-corrected chi connectivity index (χ4v) is 4.27. The number of hydrogen-bond donors (Lipinski definition) is 0. The number of nitriles is 1. The van der Waals surface area contributed by atoms with Crippen molar-refractivity contribution in [2.45, 2.75) is 27.2 Å². The van der Waals surface area contributed by atoms with Crippen molar-refractivity contribution in [1.82, 2.24) is 4.98 Å². The molecule has 4 heteroatoms. The minimum atomic E-state index is 0.623. The van der Waals surface area contributed by atoms with Crippen molar-refractivity contribution in [1.29, 1.82) is 5.26 Å². The minimum Gasteiger partial charge on any atom is -0.235 e. The number of nitrogens with zero attached hydrogens (tertiary/aromatic N) is 2. The van der Waals surface area contributed by atoms with E-state index in [9.17, 15) is 5.26 Å². The number of allylic oxidation sites excluding steroid dienone is 1. The molecule has 25 heavy (non-hydrogen) atoms. The van der Waals surface area contributed by atoms with Crippen LogP contribution in [0.5, 0.6) is 0 Å². The first kappa shape index (κ1) is 17.6. The Morgan fingerprint density at radius 1 is 1.20 bits per heavy atom. The maximum absolute atomic E-state index is 9.52. The normalized spacial score (nSPS) is 11.7. The Labute approximate surface area is 157 Å². The highest BCUT2D eigenvalue weighted by atomic mass is 32.1. The first-order valence-corrected chi connectivity index (χ1v) is 10.0. The van der Waals surface area contributed by atoms with Crippen LogP contribution in [0.15, 0.2) is 41.1 Å². The SMILES string of the molecule is Cc1ccsc1C=C(C#N)c1nc(-c2ccc(CC(C)C)cc2)cs1. The fourth-order valence-electron chi connectivity index (χ4n) is 2.62. The molecule has 2 heterocycles. The summed E-state index contributed by atoms with van der Waals surface area (Å²) in [5.41, 5.74) is 5.19. The van der Waals surface area contributed by atoms with Crippen LogP contribution >= 0.6 is 22.7 Å². The van der Waals surface area contributed by atoms with Crippen molar-refractivity contribution in [3.8, 4) is 17.3 Å². The second-order valence-corrected chi connectivity index (χ2v) is 8.28. The summed E-state index contributed by atoms with van der Waals surface area (Å²) in [7, 11) is 0. The lowest BCUT2D eigenvalue weighted by Gasteiger charge is -2.05. The van der Waals surface area contributed by atoms with E-state index in [1.165, 1.54) is 22.5 Å². The van der Waals surface area contributed by atoms with Crippen molar-refractivity contribution in [2.24, 2.45) is 5.92 Å². The van der Waals surface area contributed by atoms with Gasteiger partial charge in [0.1, 0.15) is 11.1 Å². The molecule has 0 radical (unpaired) electrons. The first-order valence-electron chi connectivity index (χ1n) is 8.28. The minimum absolute atomic E-state index is 0.623. The summed E-state index contributed by atoms with van der Waals surface area (Å²) in [5.74, 6) is 0.653. The molecule has 126 valence electrons. The number of benzene rings is 1. The van der Waals surface area contributed by atoms with Gasteiger partial charge in [-0.15, -0.1) is 22.7 Å². The highest BCUT2D eigenvalue weighted by Crippen LogP contribution is 2.29. The number of aromatic nitrogens is 1. The van der Waals surface area contributed by atoms with E-state index in [1.807, 2.05) is 16.8 Å². The summed E-state index contributed by atoms with van der Waals surface area (Å²) in [6.07, 6.45) is 3.03. The zero-order valence-electron chi connectivity index (χ0n) is 14.6. The van der Waals surface area contributed by atoms with Gasteiger partial charge in [0.25, 0.3) is 0 Å². The van der Waals surface area contributed by atoms with Gasteiger partial charge in [-0.3, -0.25) is 0 Å². The number of aryl methyl sites for hydroxylation is 1. The average Bonchev–Trinajstić information content (AvgIpc) is 3.22. The molecule has 0 N–H and O–H groups in total. The summed E-state index contributed by atoms with van der Waals surface area (Å²) in [5, 5.41) is 14.4. The van der Waals surface area contributed by atoms with E-state index < -0.39 is 0 Å². The van der Waals surface area contributed by atoms with E-state index in [2.05, 4.69) is 62.2 Å². The van der Waals surface area contributed by atoms with E-state index in [-0.39, 0.29) is 0 Å². The fraction of sp³-hybridized carbons (Fsp3) is 0.238. The Morgan fingerprint density at radius 3 is 2.56 bits per heavy atom. The smallest absolute Gasteiger partial charge is 0.134 e. The molecular weight excluding hydrogens is 344 g/mol. The third kappa shape index (κ3) is 4.25. The number of thiazole rings is 1. The quantitative estimate of drug-likeness (QED) is 0.488. The van der Waals surface area contributed by atoms with Gasteiger partial charge in [0, 0.05) is 15.8 Å². The lowest BCUT2D eigenvalue weighted by atomic mass is 10.0. The van der Waals surface area contributed by atoms with Crippen LogP contribution in [0.3, 0.4) is 0 Å². The molecule has 0 amide bonds. The Bertz CT molecular complexity index is 921. The third-order valence-corrected chi connectivity index (χ3v) is 5.77. The molecule has 0 aliphatic rings. The van der Waals surface area contributed by atoms with Crippen LogP contribution in [0.1, 0.15) is 34.9 Å². The Hall–Kier alpha value is -2.22. The maximum Gasteiger partial charge on any atom is 0.134 e. The largest absolute Gasteiger partial charge is 0.235 e. The average molecular weight is 365 g/mol. The molecule has 0 spiro atoms. The second-order valence-electron chi connectivity index (χ2n) is 6.47. The van der Waals surface area contributed by atoms with Gasteiger partial charge in [-0.25, -0.2) is 4.98 Å². The Kier molecular flexibility index (Phi) is 5.47. The molecule has 0 fully saturated rings. The van der Waals surface area contributed by atoms with Gasteiger partial charge < -0.3 is 0 Å². The molecule has 1 aromatic carbocycles. The maximum atomic E-state index is 9.52. The summed E-state index contributed by atoms with van der Waals surface area (Å²) >= 11 is 3.17. The molecule has 2 nitrogen and oxygen atoms in total. The molecule has 0 bridgehead atoms.